The van der Waals surface area contributed by atoms with Gasteiger partial charge in [0.25, 0.3) is 0 Å². The summed E-state index contributed by atoms with van der Waals surface area (Å²) in [6, 6.07) is 13.9. The molecule has 0 unspecified atom stereocenters. The van der Waals surface area contributed by atoms with Crippen LogP contribution in [0.3, 0.4) is 0 Å². The van der Waals surface area contributed by atoms with Crippen molar-refractivity contribution in [2.45, 2.75) is 12.8 Å². The summed E-state index contributed by atoms with van der Waals surface area (Å²) in [5.41, 5.74) is 1.31. The smallest absolute Gasteiger partial charge is 0.228 e. The molecule has 0 bridgehead atoms. The van der Waals surface area contributed by atoms with Crippen molar-refractivity contribution in [3.63, 3.8) is 0 Å². The highest BCUT2D eigenvalue weighted by Gasteiger charge is 2.20. The average molecular weight is 347 g/mol. The van der Waals surface area contributed by atoms with E-state index in [4.69, 9.17) is 16.3 Å². The Bertz CT molecular complexity index is 715. The predicted molar refractivity (Wildman–Crippen MR) is 89.9 cm³/mol. The van der Waals surface area contributed by atoms with Gasteiger partial charge >= 0.3 is 0 Å². The van der Waals surface area contributed by atoms with Crippen molar-refractivity contribution in [1.29, 1.82) is 0 Å². The maximum Gasteiger partial charge on any atom is 0.228 e. The summed E-state index contributed by atoms with van der Waals surface area (Å²) in [6.45, 7) is 0. The predicted octanol–water partition coefficient (Wildman–Crippen LogP) is 2.29. The van der Waals surface area contributed by atoms with E-state index in [9.17, 15) is 14.7 Å². The van der Waals surface area contributed by atoms with Crippen molar-refractivity contribution >= 4 is 29.2 Å². The number of hydrogen-bond donors (Lipinski definition) is 1. The van der Waals surface area contributed by atoms with E-state index < -0.39 is 17.8 Å². The molecule has 126 valence electrons. The number of halogens is 1. The first kappa shape index (κ1) is 17.8. The molecule has 1 N–H and O–H groups in total. The van der Waals surface area contributed by atoms with E-state index in [2.05, 4.69) is 5.32 Å². The van der Waals surface area contributed by atoms with Crippen LogP contribution >= 0.6 is 11.6 Å². The van der Waals surface area contributed by atoms with Gasteiger partial charge in [-0.15, -0.1) is 0 Å². The van der Waals surface area contributed by atoms with Gasteiger partial charge in [-0.05, 0) is 42.7 Å². The molecule has 0 aromatic heterocycles. The Balaban J connectivity index is 2.15. The number of aliphatic carboxylic acids is 1. The molecule has 1 atom stereocenters. The summed E-state index contributed by atoms with van der Waals surface area (Å²) in [7, 11) is 1.50. The number of anilines is 1. The molecule has 0 fully saturated rings. The number of amides is 1. The van der Waals surface area contributed by atoms with Crippen LogP contribution in [0.15, 0.2) is 48.5 Å². The Morgan fingerprint density at radius 2 is 1.83 bits per heavy atom. The van der Waals surface area contributed by atoms with Crippen molar-refractivity contribution in [3.8, 4) is 5.75 Å². The third-order valence-electron chi connectivity index (χ3n) is 3.54. The lowest BCUT2D eigenvalue weighted by atomic mass is 9.95. The van der Waals surface area contributed by atoms with Crippen LogP contribution in [0, 0.1) is 5.92 Å². The lowest BCUT2D eigenvalue weighted by molar-refractivity contribution is -0.306. The highest BCUT2D eigenvalue weighted by molar-refractivity contribution is 6.30. The van der Waals surface area contributed by atoms with Crippen LogP contribution in [0.25, 0.3) is 0 Å². The first-order chi connectivity index (χ1) is 11.5. The third kappa shape index (κ3) is 4.99. The summed E-state index contributed by atoms with van der Waals surface area (Å²) >= 11 is 5.84. The second-order valence-electron chi connectivity index (χ2n) is 5.29. The number of benzene rings is 2. The molecule has 0 aliphatic heterocycles. The zero-order valence-electron chi connectivity index (χ0n) is 13.1. The number of carbonyl (C=O) groups is 2. The number of carboxylic acids is 1. The van der Waals surface area contributed by atoms with Crippen LogP contribution in [-0.4, -0.2) is 19.0 Å². The maximum absolute atomic E-state index is 12.5. The van der Waals surface area contributed by atoms with Crippen LogP contribution < -0.4 is 15.2 Å². The van der Waals surface area contributed by atoms with E-state index in [0.29, 0.717) is 16.5 Å². The van der Waals surface area contributed by atoms with Gasteiger partial charge in [-0.1, -0.05) is 35.9 Å². The Morgan fingerprint density at radius 1 is 1.17 bits per heavy atom. The summed E-state index contributed by atoms with van der Waals surface area (Å²) < 4.78 is 5.18. The van der Waals surface area contributed by atoms with E-state index >= 15 is 0 Å². The Labute approximate surface area is 145 Å². The van der Waals surface area contributed by atoms with E-state index in [0.717, 1.165) is 5.56 Å². The molecule has 0 spiro atoms. The van der Waals surface area contributed by atoms with Gasteiger partial charge in [-0.25, -0.2) is 0 Å². The lowest BCUT2D eigenvalue weighted by Gasteiger charge is -2.18. The van der Waals surface area contributed by atoms with Crippen molar-refractivity contribution in [2.24, 2.45) is 5.92 Å². The molecule has 0 heterocycles. The van der Waals surface area contributed by atoms with Crippen molar-refractivity contribution in [3.05, 3.63) is 59.1 Å². The van der Waals surface area contributed by atoms with Crippen LogP contribution in [-0.2, 0) is 16.0 Å². The monoisotopic (exact) mass is 346 g/mol. The van der Waals surface area contributed by atoms with Crippen LogP contribution in [0.1, 0.15) is 12.0 Å². The molecule has 2 aromatic rings. The first-order valence-electron chi connectivity index (χ1n) is 7.37. The Morgan fingerprint density at radius 3 is 2.46 bits per heavy atom. The normalized spacial score (nSPS) is 11.6. The fraction of sp³-hybridized carbons (Fsp3) is 0.222. The zero-order valence-corrected chi connectivity index (χ0v) is 13.9. The number of ether oxygens (including phenoxy) is 1. The quantitative estimate of drug-likeness (QED) is 0.834. The number of hydrogen-bond acceptors (Lipinski definition) is 4. The molecule has 0 saturated heterocycles. The maximum atomic E-state index is 12.5. The van der Waals surface area contributed by atoms with E-state index in [1.807, 2.05) is 0 Å². The lowest BCUT2D eigenvalue weighted by Crippen LogP contribution is -2.32. The van der Waals surface area contributed by atoms with Gasteiger partial charge < -0.3 is 20.0 Å². The fourth-order valence-corrected chi connectivity index (χ4v) is 2.47. The Kier molecular flexibility index (Phi) is 6.21. The SMILES string of the molecule is COc1ccccc1NC(=O)[C@H](CC(=O)[O-])Cc1ccc(Cl)cc1. The molecule has 5 nitrogen and oxygen atoms in total. The summed E-state index contributed by atoms with van der Waals surface area (Å²) in [4.78, 5) is 23.5. The Hall–Kier alpha value is -2.53. The molecule has 1 amide bonds. The summed E-state index contributed by atoms with van der Waals surface area (Å²) in [6.07, 6.45) is -0.101. The van der Waals surface area contributed by atoms with Crippen molar-refractivity contribution < 1.29 is 19.4 Å². The zero-order chi connectivity index (χ0) is 17.5. The third-order valence-corrected chi connectivity index (χ3v) is 3.80. The molecule has 2 rings (SSSR count). The molecule has 0 radical (unpaired) electrons. The molecule has 2 aromatic carbocycles. The molecule has 0 saturated carbocycles. The van der Waals surface area contributed by atoms with Gasteiger partial charge in [0.2, 0.25) is 5.91 Å². The molecular weight excluding hydrogens is 330 g/mol. The second kappa shape index (κ2) is 8.36. The van der Waals surface area contributed by atoms with Crippen LogP contribution in [0.5, 0.6) is 5.75 Å². The van der Waals surface area contributed by atoms with Gasteiger partial charge in [-0.3, -0.25) is 4.79 Å². The second-order valence-corrected chi connectivity index (χ2v) is 5.73. The average Bonchev–Trinajstić information content (AvgIpc) is 2.56. The molecule has 24 heavy (non-hydrogen) atoms. The number of nitrogens with one attached hydrogen (secondary N) is 1. The van der Waals surface area contributed by atoms with Gasteiger partial charge in [0.05, 0.1) is 12.8 Å². The highest BCUT2D eigenvalue weighted by Crippen LogP contribution is 2.25. The largest absolute Gasteiger partial charge is 0.550 e. The molecule has 0 aliphatic rings. The van der Waals surface area contributed by atoms with Gasteiger partial charge in [-0.2, -0.15) is 0 Å². The summed E-state index contributed by atoms with van der Waals surface area (Å²) in [5.74, 6) is -1.94. The van der Waals surface area contributed by atoms with Gasteiger partial charge in [0.15, 0.2) is 0 Å². The van der Waals surface area contributed by atoms with E-state index in [1.165, 1.54) is 7.11 Å². The van der Waals surface area contributed by atoms with Crippen LogP contribution in [0.2, 0.25) is 5.02 Å². The fourth-order valence-electron chi connectivity index (χ4n) is 2.35. The van der Waals surface area contributed by atoms with Gasteiger partial charge in [0, 0.05) is 16.9 Å². The van der Waals surface area contributed by atoms with Crippen LogP contribution in [0.4, 0.5) is 5.69 Å². The number of para-hydroxylation sites is 2. The topological polar surface area (TPSA) is 78.5 Å². The minimum absolute atomic E-state index is 0.270. The molecule has 0 aliphatic carbocycles. The minimum Gasteiger partial charge on any atom is -0.550 e. The van der Waals surface area contributed by atoms with E-state index in [-0.39, 0.29) is 12.8 Å². The van der Waals surface area contributed by atoms with Gasteiger partial charge in [0.1, 0.15) is 5.75 Å². The molecule has 6 heteroatoms. The standard InChI is InChI=1S/C18H18ClNO4/c1-24-16-5-3-2-4-15(16)20-18(23)13(11-17(21)22)10-12-6-8-14(19)9-7-12/h2-9,13H,10-11H2,1H3,(H,20,23)(H,21,22)/p-1/t13-/m0/s1. The number of methoxy groups -OCH3 is 1. The number of rotatable bonds is 7. The van der Waals surface area contributed by atoms with Crippen molar-refractivity contribution in [2.75, 3.05) is 12.4 Å². The minimum atomic E-state index is -1.27. The highest BCUT2D eigenvalue weighted by atomic mass is 35.5. The number of carboxylic acid groups (broad SMARTS) is 1. The molecular formula is C18H17ClNO4-. The van der Waals surface area contributed by atoms with E-state index in [1.54, 1.807) is 48.5 Å². The summed E-state index contributed by atoms with van der Waals surface area (Å²) in [5, 5.41) is 14.3. The van der Waals surface area contributed by atoms with Crippen molar-refractivity contribution in [1.82, 2.24) is 0 Å². The first-order valence-corrected chi connectivity index (χ1v) is 7.75. The number of carbonyl (C=O) groups excluding carboxylic acids is 2.